The highest BCUT2D eigenvalue weighted by Gasteiger charge is 2.45. The van der Waals surface area contributed by atoms with Crippen LogP contribution >= 0.6 is 0 Å². The van der Waals surface area contributed by atoms with Gasteiger partial charge in [-0.15, -0.1) is 0 Å². The zero-order valence-electron chi connectivity index (χ0n) is 26.8. The summed E-state index contributed by atoms with van der Waals surface area (Å²) in [6.07, 6.45) is 1.29. The molecule has 0 aromatic heterocycles. The van der Waals surface area contributed by atoms with Crippen LogP contribution in [-0.4, -0.2) is 80.6 Å². The van der Waals surface area contributed by atoms with Gasteiger partial charge in [0.25, 0.3) is 11.8 Å². The number of hydrogen-bond donors (Lipinski definition) is 3. The minimum absolute atomic E-state index is 0.132. The molecule has 0 aliphatic carbocycles. The Balaban J connectivity index is 1.26. The standard InChI is InChI=1S/C35H38N4O9/c1-44-29-19-22-3-10-27(29)47-28-11-4-23(20-30(28)45-2)32(41)36-15-18-46-24-5-7-25(8-6-24)48-35(34(43)37-21-22)13-16-39(17-14-35)33(42)26-9-12-31(40)38-26/h3-8,10-11,19-20,26H,9,12-18,21H2,1-2H3,(H,36,41)(H,37,43)(H,38,40)/t26-/m0/s1. The van der Waals surface area contributed by atoms with Crippen LogP contribution in [0.3, 0.4) is 0 Å². The van der Waals surface area contributed by atoms with Gasteiger partial charge in [0.2, 0.25) is 11.8 Å². The third-order valence-electron chi connectivity index (χ3n) is 8.71. The third-order valence-corrected chi connectivity index (χ3v) is 8.71. The number of carbonyl (C=O) groups is 4. The van der Waals surface area contributed by atoms with Crippen LogP contribution in [0.2, 0.25) is 0 Å². The maximum absolute atomic E-state index is 14.0. The zero-order valence-corrected chi connectivity index (χ0v) is 26.8. The first-order valence-electron chi connectivity index (χ1n) is 15.9. The second kappa shape index (κ2) is 14.1. The number of rotatable bonds is 3. The topological polar surface area (TPSA) is 154 Å². The van der Waals surface area contributed by atoms with Gasteiger partial charge >= 0.3 is 0 Å². The van der Waals surface area contributed by atoms with Gasteiger partial charge in [-0.1, -0.05) is 6.07 Å². The summed E-state index contributed by atoms with van der Waals surface area (Å²) >= 11 is 0. The van der Waals surface area contributed by atoms with E-state index >= 15 is 0 Å². The van der Waals surface area contributed by atoms with Gasteiger partial charge in [-0.3, -0.25) is 19.2 Å². The number of ether oxygens (including phenoxy) is 5. The molecule has 252 valence electrons. The number of methoxy groups -OCH3 is 2. The molecule has 0 saturated carbocycles. The van der Waals surface area contributed by atoms with E-state index in [2.05, 4.69) is 16.0 Å². The summed E-state index contributed by atoms with van der Waals surface area (Å²) in [6, 6.07) is 16.6. The predicted octanol–water partition coefficient (Wildman–Crippen LogP) is 2.95. The number of benzene rings is 3. The van der Waals surface area contributed by atoms with Crippen molar-refractivity contribution < 1.29 is 42.9 Å². The first-order chi connectivity index (χ1) is 23.3. The van der Waals surface area contributed by atoms with E-state index in [0.29, 0.717) is 52.9 Å². The van der Waals surface area contributed by atoms with Gasteiger partial charge in [0, 0.05) is 44.5 Å². The summed E-state index contributed by atoms with van der Waals surface area (Å²) in [4.78, 5) is 53.3. The number of carbonyl (C=O) groups excluding carboxylic acids is 4. The highest BCUT2D eigenvalue weighted by atomic mass is 16.5. The molecule has 8 heterocycles. The second-order valence-corrected chi connectivity index (χ2v) is 11.8. The molecular formula is C35H38N4O9. The molecular weight excluding hydrogens is 620 g/mol. The third kappa shape index (κ3) is 7.09. The van der Waals surface area contributed by atoms with Gasteiger partial charge < -0.3 is 44.5 Å². The first kappa shape index (κ1) is 32.5. The Bertz CT molecular complexity index is 1690. The lowest BCUT2D eigenvalue weighted by molar-refractivity contribution is -0.147. The van der Waals surface area contributed by atoms with E-state index in [-0.39, 0.29) is 69.3 Å². The molecule has 3 N–H and O–H groups in total. The van der Waals surface area contributed by atoms with Crippen molar-refractivity contribution >= 4 is 23.6 Å². The Morgan fingerprint density at radius 3 is 2.25 bits per heavy atom. The summed E-state index contributed by atoms with van der Waals surface area (Å²) in [5.41, 5.74) is -0.106. The molecule has 8 aliphatic rings. The van der Waals surface area contributed by atoms with Crippen molar-refractivity contribution in [3.8, 4) is 34.5 Å². The van der Waals surface area contributed by atoms with Crippen LogP contribution in [0.5, 0.6) is 34.5 Å². The van der Waals surface area contributed by atoms with Gasteiger partial charge in [-0.25, -0.2) is 0 Å². The summed E-state index contributed by atoms with van der Waals surface area (Å²) in [6.45, 7) is 1.23. The van der Waals surface area contributed by atoms with Crippen LogP contribution < -0.4 is 39.6 Å². The molecule has 6 bridgehead atoms. The van der Waals surface area contributed by atoms with Crippen LogP contribution in [0, 0.1) is 0 Å². The Morgan fingerprint density at radius 1 is 0.875 bits per heavy atom. The van der Waals surface area contributed by atoms with Crippen LogP contribution in [0.25, 0.3) is 0 Å². The molecule has 8 aliphatic heterocycles. The van der Waals surface area contributed by atoms with Gasteiger partial charge in [0.05, 0.1) is 20.8 Å². The van der Waals surface area contributed by atoms with Crippen LogP contribution in [-0.2, 0) is 20.9 Å². The summed E-state index contributed by atoms with van der Waals surface area (Å²) in [5, 5.41) is 8.60. The zero-order chi connectivity index (χ0) is 33.7. The molecule has 3 aromatic carbocycles. The maximum Gasteiger partial charge on any atom is 0.264 e. The smallest absolute Gasteiger partial charge is 0.264 e. The molecule has 11 rings (SSSR count). The Hall–Kier alpha value is -5.46. The summed E-state index contributed by atoms with van der Waals surface area (Å²) in [7, 11) is 3.01. The molecule has 0 unspecified atom stereocenters. The van der Waals surface area contributed by atoms with E-state index in [1.54, 1.807) is 59.5 Å². The van der Waals surface area contributed by atoms with Crippen LogP contribution in [0.15, 0.2) is 60.7 Å². The molecule has 2 fully saturated rings. The van der Waals surface area contributed by atoms with E-state index in [1.165, 1.54) is 14.2 Å². The Labute approximate surface area is 277 Å². The van der Waals surface area contributed by atoms with Gasteiger partial charge in [-0.2, -0.15) is 0 Å². The lowest BCUT2D eigenvalue weighted by Crippen LogP contribution is -2.59. The maximum atomic E-state index is 14.0. The molecule has 0 radical (unpaired) electrons. The number of amides is 4. The molecule has 3 aromatic rings. The van der Waals surface area contributed by atoms with Crippen molar-refractivity contribution in [1.29, 1.82) is 0 Å². The molecule has 1 spiro atoms. The fourth-order valence-electron chi connectivity index (χ4n) is 6.01. The largest absolute Gasteiger partial charge is 0.493 e. The van der Waals surface area contributed by atoms with Crippen molar-refractivity contribution in [2.24, 2.45) is 0 Å². The fourth-order valence-corrected chi connectivity index (χ4v) is 6.01. The first-order valence-corrected chi connectivity index (χ1v) is 15.9. The molecule has 13 heteroatoms. The fraction of sp³-hybridized carbons (Fsp3) is 0.371. The van der Waals surface area contributed by atoms with Crippen molar-refractivity contribution in [1.82, 2.24) is 20.9 Å². The normalized spacial score (nSPS) is 19.4. The molecule has 48 heavy (non-hydrogen) atoms. The number of nitrogens with one attached hydrogen (secondary N) is 3. The minimum Gasteiger partial charge on any atom is -0.493 e. The van der Waals surface area contributed by atoms with Crippen molar-refractivity contribution in [3.05, 3.63) is 71.8 Å². The molecule has 2 saturated heterocycles. The highest BCUT2D eigenvalue weighted by molar-refractivity contribution is 5.95. The summed E-state index contributed by atoms with van der Waals surface area (Å²) < 4.78 is 29.5. The lowest BCUT2D eigenvalue weighted by atomic mass is 9.89. The van der Waals surface area contributed by atoms with E-state index in [1.807, 2.05) is 6.07 Å². The van der Waals surface area contributed by atoms with Gasteiger partial charge in [-0.05, 0) is 66.6 Å². The lowest BCUT2D eigenvalue weighted by Gasteiger charge is -2.41. The van der Waals surface area contributed by atoms with Crippen molar-refractivity contribution in [3.63, 3.8) is 0 Å². The monoisotopic (exact) mass is 658 g/mol. The average molecular weight is 659 g/mol. The quantitative estimate of drug-likeness (QED) is 0.386. The number of piperidine rings is 1. The van der Waals surface area contributed by atoms with E-state index in [0.717, 1.165) is 5.56 Å². The Kier molecular flexibility index (Phi) is 9.55. The second-order valence-electron chi connectivity index (χ2n) is 11.8. The Morgan fingerprint density at radius 2 is 1.56 bits per heavy atom. The molecule has 4 amide bonds. The van der Waals surface area contributed by atoms with E-state index < -0.39 is 11.6 Å². The van der Waals surface area contributed by atoms with Crippen molar-refractivity contribution in [2.45, 2.75) is 43.9 Å². The SMILES string of the molecule is COc1cc2ccc1Oc1ccc(cc1OC)C(=O)NCCOc1ccc(cc1)OC1(CCN(C(=O)[C@@H]3CCC(=O)N3)CC1)C(=O)NC2. The van der Waals surface area contributed by atoms with Crippen molar-refractivity contribution in [2.75, 3.05) is 40.5 Å². The summed E-state index contributed by atoms with van der Waals surface area (Å²) in [5.74, 6) is 1.73. The number of hydrogen-bond acceptors (Lipinski definition) is 9. The van der Waals surface area contributed by atoms with Gasteiger partial charge in [0.15, 0.2) is 28.6 Å². The van der Waals surface area contributed by atoms with Crippen LogP contribution in [0.1, 0.15) is 41.6 Å². The van der Waals surface area contributed by atoms with Gasteiger partial charge in [0.1, 0.15) is 24.1 Å². The molecule has 13 nitrogen and oxygen atoms in total. The van der Waals surface area contributed by atoms with E-state index in [9.17, 15) is 19.2 Å². The van der Waals surface area contributed by atoms with Crippen LogP contribution in [0.4, 0.5) is 0 Å². The highest BCUT2D eigenvalue weighted by Crippen LogP contribution is 2.38. The van der Waals surface area contributed by atoms with E-state index in [4.69, 9.17) is 23.7 Å². The average Bonchev–Trinajstić information content (AvgIpc) is 3.55. The minimum atomic E-state index is -1.26. The number of likely N-dealkylation sites (tertiary alicyclic amines) is 1. The molecule has 1 atom stereocenters. The number of nitrogens with zero attached hydrogens (tertiary/aromatic N) is 1. The predicted molar refractivity (Wildman–Crippen MR) is 173 cm³/mol.